The van der Waals surface area contributed by atoms with E-state index < -0.39 is 52.5 Å². The standard InChI is InChI=1S/C33H32F5N7O5/c1-32(2,3)50-31(47)44(16-7-17-48-4)15-6-8-21-25(12-14-40-28(21)39)49-26-11-10-20(18-24(26)35)43-30(46)22-19-42-45(27(22)33(36,37)38)29-23(34)9-5-13-41-29/h5,9-14,18-19H,7,15-17H2,1-4H3,(H2,39,40)(H,43,46). The molecule has 3 aromatic heterocycles. The molecule has 2 amide bonds. The number of carbonyl (C=O) groups excluding carboxylic acids is 2. The summed E-state index contributed by atoms with van der Waals surface area (Å²) < 4.78 is 87.8. The second-order valence-electron chi connectivity index (χ2n) is 11.4. The molecule has 4 rings (SSSR count). The number of nitrogens with one attached hydrogen (secondary N) is 1. The molecule has 0 aliphatic carbocycles. The Bertz CT molecular complexity index is 1920. The molecule has 1 aromatic carbocycles. The third-order valence-electron chi connectivity index (χ3n) is 6.49. The van der Waals surface area contributed by atoms with Crippen LogP contribution in [0.15, 0.2) is 55.0 Å². The summed E-state index contributed by atoms with van der Waals surface area (Å²) >= 11 is 0. The average Bonchev–Trinajstić information content (AvgIpc) is 3.48. The van der Waals surface area contributed by atoms with Gasteiger partial charge < -0.3 is 25.3 Å². The highest BCUT2D eigenvalue weighted by Crippen LogP contribution is 2.35. The molecule has 4 aromatic rings. The largest absolute Gasteiger partial charge is 0.453 e. The van der Waals surface area contributed by atoms with E-state index in [4.69, 9.17) is 19.9 Å². The number of hydrogen-bond acceptors (Lipinski definition) is 9. The maximum absolute atomic E-state index is 15.2. The zero-order valence-electron chi connectivity index (χ0n) is 27.3. The highest BCUT2D eigenvalue weighted by molar-refractivity contribution is 6.05. The molecule has 0 spiro atoms. The van der Waals surface area contributed by atoms with Gasteiger partial charge in [-0.2, -0.15) is 18.3 Å². The van der Waals surface area contributed by atoms with Crippen LogP contribution in [-0.4, -0.2) is 69.1 Å². The van der Waals surface area contributed by atoms with Crippen molar-refractivity contribution in [2.45, 2.75) is 39.0 Å². The Hall–Kier alpha value is -5.76. The van der Waals surface area contributed by atoms with Crippen molar-refractivity contribution in [3.05, 3.63) is 83.4 Å². The lowest BCUT2D eigenvalue weighted by molar-refractivity contribution is -0.143. The van der Waals surface area contributed by atoms with Gasteiger partial charge in [-0.1, -0.05) is 11.8 Å². The van der Waals surface area contributed by atoms with Gasteiger partial charge in [-0.3, -0.25) is 9.69 Å². The topological polar surface area (TPSA) is 147 Å². The normalized spacial score (nSPS) is 11.4. The number of ether oxygens (including phenoxy) is 3. The minimum absolute atomic E-state index is 0.00729. The minimum Gasteiger partial charge on any atom is -0.453 e. The van der Waals surface area contributed by atoms with Crippen molar-refractivity contribution in [2.75, 3.05) is 37.9 Å². The van der Waals surface area contributed by atoms with Crippen LogP contribution < -0.4 is 15.8 Å². The fraction of sp³-hybridized carbons (Fsp3) is 0.303. The van der Waals surface area contributed by atoms with E-state index in [0.29, 0.717) is 25.8 Å². The number of pyridine rings is 2. The Morgan fingerprint density at radius 3 is 2.46 bits per heavy atom. The number of carbonyl (C=O) groups is 2. The van der Waals surface area contributed by atoms with Crippen molar-refractivity contribution < 1.29 is 45.8 Å². The number of nitrogens with zero attached hydrogens (tertiary/aromatic N) is 5. The summed E-state index contributed by atoms with van der Waals surface area (Å²) in [6.07, 6.45) is -2.24. The summed E-state index contributed by atoms with van der Waals surface area (Å²) in [7, 11) is 1.54. The zero-order chi connectivity index (χ0) is 36.6. The van der Waals surface area contributed by atoms with Crippen molar-refractivity contribution in [1.29, 1.82) is 0 Å². The Labute approximate surface area is 283 Å². The molecule has 3 N–H and O–H groups in total. The lowest BCUT2D eigenvalue weighted by Gasteiger charge is -2.26. The molecule has 0 saturated carbocycles. The van der Waals surface area contributed by atoms with Gasteiger partial charge in [0, 0.05) is 50.5 Å². The fourth-order valence-electron chi connectivity index (χ4n) is 4.31. The van der Waals surface area contributed by atoms with E-state index in [1.54, 1.807) is 20.8 Å². The van der Waals surface area contributed by atoms with Crippen LogP contribution in [0.4, 0.5) is 38.3 Å². The minimum atomic E-state index is -5.14. The quantitative estimate of drug-likeness (QED) is 0.112. The number of benzene rings is 1. The molecule has 12 nitrogen and oxygen atoms in total. The molecule has 0 fully saturated rings. The molecular weight excluding hydrogens is 669 g/mol. The maximum Gasteiger partial charge on any atom is 0.434 e. The van der Waals surface area contributed by atoms with Crippen molar-refractivity contribution in [3.8, 4) is 29.2 Å². The van der Waals surface area contributed by atoms with Gasteiger partial charge in [0.15, 0.2) is 28.9 Å². The second-order valence-corrected chi connectivity index (χ2v) is 11.4. The van der Waals surface area contributed by atoms with Gasteiger partial charge in [0.05, 0.1) is 18.3 Å². The molecular formula is C33H32F5N7O5. The first kappa shape index (κ1) is 37.1. The maximum atomic E-state index is 15.2. The highest BCUT2D eigenvalue weighted by Gasteiger charge is 2.41. The molecule has 0 aliphatic rings. The number of nitrogens with two attached hydrogens (primary N) is 1. The van der Waals surface area contributed by atoms with Gasteiger partial charge in [-0.05, 0) is 51.5 Å². The van der Waals surface area contributed by atoms with Crippen molar-refractivity contribution in [3.63, 3.8) is 0 Å². The number of rotatable bonds is 10. The third kappa shape index (κ3) is 9.44. The lowest BCUT2D eigenvalue weighted by atomic mass is 10.2. The number of alkyl halides is 3. The summed E-state index contributed by atoms with van der Waals surface area (Å²) in [6.45, 7) is 5.84. The molecule has 0 aliphatic heterocycles. The Balaban J connectivity index is 1.53. The van der Waals surface area contributed by atoms with E-state index in [0.717, 1.165) is 24.4 Å². The Kier molecular flexibility index (Phi) is 11.6. The molecule has 264 valence electrons. The highest BCUT2D eigenvalue weighted by atomic mass is 19.4. The number of anilines is 2. The van der Waals surface area contributed by atoms with E-state index in [2.05, 4.69) is 32.2 Å². The molecule has 0 bridgehead atoms. The first-order chi connectivity index (χ1) is 23.6. The molecule has 17 heteroatoms. The van der Waals surface area contributed by atoms with E-state index in [9.17, 15) is 27.2 Å². The summed E-state index contributed by atoms with van der Waals surface area (Å²) in [5.74, 6) is 1.08. The number of methoxy groups -OCH3 is 1. The first-order valence-corrected chi connectivity index (χ1v) is 14.8. The molecule has 3 heterocycles. The van der Waals surface area contributed by atoms with Crippen LogP contribution in [0.5, 0.6) is 11.5 Å². The summed E-state index contributed by atoms with van der Waals surface area (Å²) in [6, 6.07) is 6.56. The number of aromatic nitrogens is 4. The van der Waals surface area contributed by atoms with Crippen LogP contribution in [0.25, 0.3) is 5.82 Å². The number of amides is 2. The lowest BCUT2D eigenvalue weighted by Crippen LogP contribution is -2.38. The molecule has 0 radical (unpaired) electrons. The number of nitrogen functional groups attached to an aromatic ring is 1. The fourth-order valence-corrected chi connectivity index (χ4v) is 4.31. The molecule has 0 unspecified atom stereocenters. The van der Waals surface area contributed by atoms with E-state index in [1.807, 2.05) is 0 Å². The Morgan fingerprint density at radius 1 is 1.04 bits per heavy atom. The van der Waals surface area contributed by atoms with Crippen LogP contribution in [0, 0.1) is 23.5 Å². The van der Waals surface area contributed by atoms with Crippen LogP contribution in [-0.2, 0) is 15.7 Å². The molecule has 50 heavy (non-hydrogen) atoms. The molecule has 0 saturated heterocycles. The van der Waals surface area contributed by atoms with Crippen molar-refractivity contribution in [2.24, 2.45) is 0 Å². The second kappa shape index (κ2) is 15.6. The number of hydrogen-bond donors (Lipinski definition) is 2. The SMILES string of the molecule is COCCCN(CC#Cc1c(Oc2ccc(NC(=O)c3cnn(-c4ncccc4F)c3C(F)(F)F)cc2F)ccnc1N)C(=O)OC(C)(C)C. The van der Waals surface area contributed by atoms with Gasteiger partial charge in [0.25, 0.3) is 5.91 Å². The third-order valence-corrected chi connectivity index (χ3v) is 6.49. The summed E-state index contributed by atoms with van der Waals surface area (Å²) in [5, 5.41) is 5.70. The van der Waals surface area contributed by atoms with Gasteiger partial charge in [-0.25, -0.2) is 28.2 Å². The van der Waals surface area contributed by atoms with Gasteiger partial charge in [0.2, 0.25) is 0 Å². The van der Waals surface area contributed by atoms with Gasteiger partial charge in [-0.15, -0.1) is 0 Å². The monoisotopic (exact) mass is 701 g/mol. The summed E-state index contributed by atoms with van der Waals surface area (Å²) in [5.41, 5.74) is 2.61. The van der Waals surface area contributed by atoms with E-state index in [1.165, 1.54) is 36.4 Å². The predicted octanol–water partition coefficient (Wildman–Crippen LogP) is 6.21. The van der Waals surface area contributed by atoms with E-state index in [-0.39, 0.29) is 39.8 Å². The number of halogens is 5. The molecule has 0 atom stereocenters. The average molecular weight is 702 g/mol. The van der Waals surface area contributed by atoms with Crippen LogP contribution in [0.3, 0.4) is 0 Å². The van der Waals surface area contributed by atoms with Crippen molar-refractivity contribution >= 4 is 23.5 Å². The smallest absolute Gasteiger partial charge is 0.434 e. The predicted molar refractivity (Wildman–Crippen MR) is 171 cm³/mol. The van der Waals surface area contributed by atoms with Crippen molar-refractivity contribution in [1.82, 2.24) is 24.6 Å². The van der Waals surface area contributed by atoms with Gasteiger partial charge >= 0.3 is 12.3 Å². The van der Waals surface area contributed by atoms with E-state index >= 15 is 4.39 Å². The summed E-state index contributed by atoms with van der Waals surface area (Å²) in [4.78, 5) is 34.6. The van der Waals surface area contributed by atoms with Crippen LogP contribution in [0.1, 0.15) is 48.8 Å². The van der Waals surface area contributed by atoms with Crippen LogP contribution in [0.2, 0.25) is 0 Å². The van der Waals surface area contributed by atoms with Gasteiger partial charge in [0.1, 0.15) is 22.7 Å². The Morgan fingerprint density at radius 2 is 1.80 bits per heavy atom. The first-order valence-electron chi connectivity index (χ1n) is 14.8. The van der Waals surface area contributed by atoms with Crippen LogP contribution >= 0.6 is 0 Å². The zero-order valence-corrected chi connectivity index (χ0v) is 27.3.